The van der Waals surface area contributed by atoms with Crippen LogP contribution in [0.1, 0.15) is 36.5 Å². The molecule has 0 saturated heterocycles. The molecule has 0 aliphatic rings. The van der Waals surface area contributed by atoms with Crippen molar-refractivity contribution in [3.63, 3.8) is 0 Å². The summed E-state index contributed by atoms with van der Waals surface area (Å²) in [5, 5.41) is 0. The lowest BCUT2D eigenvalue weighted by atomic mass is 10.1. The van der Waals surface area contributed by atoms with Crippen LogP contribution in [-0.4, -0.2) is 0 Å². The second kappa shape index (κ2) is 3.66. The van der Waals surface area contributed by atoms with Gasteiger partial charge in [-0.25, -0.2) is 6.07 Å². The Morgan fingerprint density at radius 2 is 2.09 bits per heavy atom. The fraction of sp³-hybridized carbons (Fsp3) is 0.545. The Morgan fingerprint density at radius 3 is 2.55 bits per heavy atom. The van der Waals surface area contributed by atoms with Crippen LogP contribution in [0, 0.1) is 13.8 Å². The highest BCUT2D eigenvalue weighted by Gasteiger charge is 1.89. The zero-order valence-electron chi connectivity index (χ0n) is 7.78. The number of unbranched alkanes of at least 4 members (excludes halogenated alkanes) is 1. The van der Waals surface area contributed by atoms with Crippen LogP contribution in [0.4, 0.5) is 0 Å². The first kappa shape index (κ1) is 8.45. The summed E-state index contributed by atoms with van der Waals surface area (Å²) in [4.78, 5) is 0. The van der Waals surface area contributed by atoms with E-state index in [4.69, 9.17) is 0 Å². The van der Waals surface area contributed by atoms with Crippen molar-refractivity contribution in [3.05, 3.63) is 28.8 Å². The van der Waals surface area contributed by atoms with E-state index in [0.717, 1.165) is 0 Å². The molecule has 0 fully saturated rings. The Morgan fingerprint density at radius 1 is 1.36 bits per heavy atom. The molecule has 0 aliphatic carbocycles. The highest BCUT2D eigenvalue weighted by Crippen LogP contribution is 2.14. The zero-order chi connectivity index (χ0) is 8.27. The summed E-state index contributed by atoms with van der Waals surface area (Å²) in [6, 6.07) is 4.62. The number of rotatable bonds is 3. The fourth-order valence-corrected chi connectivity index (χ4v) is 1.35. The van der Waals surface area contributed by atoms with Gasteiger partial charge in [0.2, 0.25) is 0 Å². The molecule has 0 bridgehead atoms. The van der Waals surface area contributed by atoms with Gasteiger partial charge in [-0.15, -0.1) is 0 Å². The number of aryl methyl sites for hydroxylation is 3. The Bertz CT molecular complexity index is 198. The maximum atomic E-state index is 2.31. The molecule has 0 heterocycles. The average Bonchev–Trinajstić information content (AvgIpc) is 2.28. The van der Waals surface area contributed by atoms with Gasteiger partial charge in [0.1, 0.15) is 0 Å². The highest BCUT2D eigenvalue weighted by molar-refractivity contribution is 5.33. The fourth-order valence-electron chi connectivity index (χ4n) is 1.35. The summed E-state index contributed by atoms with van der Waals surface area (Å²) >= 11 is 0. The molecule has 0 aliphatic heterocycles. The number of hydrogen-bond acceptors (Lipinski definition) is 0. The van der Waals surface area contributed by atoms with Crippen LogP contribution in [-0.2, 0) is 6.42 Å². The third-order valence-electron chi connectivity index (χ3n) is 2.24. The minimum atomic E-state index is 1.26. The molecule has 0 radical (unpaired) electrons. The van der Waals surface area contributed by atoms with E-state index in [1.54, 1.807) is 0 Å². The van der Waals surface area contributed by atoms with Gasteiger partial charge in [0.25, 0.3) is 0 Å². The standard InChI is InChI=1S/C11H17/c1-4-5-6-11-7-9(2)10(3)8-11/h7-8H,4-6H2,1-3H3/q-1. The van der Waals surface area contributed by atoms with Gasteiger partial charge < -0.3 is 0 Å². The molecular formula is C11H17-. The molecule has 62 valence electrons. The molecule has 1 rings (SSSR count). The normalized spacial score (nSPS) is 10.5. The molecule has 0 atom stereocenters. The smallest absolute Gasteiger partial charge is 0.0514 e. The van der Waals surface area contributed by atoms with Crippen LogP contribution >= 0.6 is 0 Å². The predicted molar refractivity (Wildman–Crippen MR) is 50.1 cm³/mol. The van der Waals surface area contributed by atoms with Crippen LogP contribution in [0.25, 0.3) is 0 Å². The van der Waals surface area contributed by atoms with Gasteiger partial charge in [0, 0.05) is 0 Å². The molecule has 0 spiro atoms. The van der Waals surface area contributed by atoms with Crippen molar-refractivity contribution in [2.24, 2.45) is 0 Å². The first-order valence-electron chi connectivity index (χ1n) is 4.47. The quantitative estimate of drug-likeness (QED) is 0.578. The Labute approximate surface area is 69.6 Å². The molecule has 0 aromatic heterocycles. The first-order chi connectivity index (χ1) is 5.24. The van der Waals surface area contributed by atoms with Crippen molar-refractivity contribution in [2.75, 3.05) is 0 Å². The minimum absolute atomic E-state index is 1.26. The van der Waals surface area contributed by atoms with Crippen LogP contribution in [0.2, 0.25) is 0 Å². The monoisotopic (exact) mass is 149 g/mol. The van der Waals surface area contributed by atoms with Crippen molar-refractivity contribution >= 4 is 0 Å². The van der Waals surface area contributed by atoms with Gasteiger partial charge in [0.15, 0.2) is 0 Å². The molecule has 0 amide bonds. The Hall–Kier alpha value is -0.650. The van der Waals surface area contributed by atoms with Crippen LogP contribution in [0.3, 0.4) is 0 Å². The highest BCUT2D eigenvalue weighted by atomic mass is 14.0. The van der Waals surface area contributed by atoms with Crippen LogP contribution in [0.15, 0.2) is 12.1 Å². The van der Waals surface area contributed by atoms with E-state index in [2.05, 4.69) is 32.9 Å². The van der Waals surface area contributed by atoms with Crippen molar-refractivity contribution in [3.8, 4) is 0 Å². The summed E-state index contributed by atoms with van der Waals surface area (Å²) in [5.74, 6) is 0. The molecule has 0 heteroatoms. The van der Waals surface area contributed by atoms with E-state index < -0.39 is 0 Å². The van der Waals surface area contributed by atoms with E-state index in [0.29, 0.717) is 0 Å². The van der Waals surface area contributed by atoms with E-state index in [-0.39, 0.29) is 0 Å². The molecule has 11 heavy (non-hydrogen) atoms. The summed E-state index contributed by atoms with van der Waals surface area (Å²) in [6.07, 6.45) is 3.87. The van der Waals surface area contributed by atoms with Crippen LogP contribution < -0.4 is 0 Å². The number of hydrogen-bond donors (Lipinski definition) is 0. The largest absolute Gasteiger partial charge is 0.207 e. The van der Waals surface area contributed by atoms with Gasteiger partial charge in [0.05, 0.1) is 0 Å². The van der Waals surface area contributed by atoms with Gasteiger partial charge in [-0.2, -0.15) is 22.8 Å². The van der Waals surface area contributed by atoms with E-state index in [9.17, 15) is 0 Å². The lowest BCUT2D eigenvalue weighted by Crippen LogP contribution is -1.78. The van der Waals surface area contributed by atoms with Crippen molar-refractivity contribution < 1.29 is 0 Å². The molecule has 1 aromatic rings. The summed E-state index contributed by atoms with van der Waals surface area (Å²) in [6.45, 7) is 6.61. The lowest BCUT2D eigenvalue weighted by Gasteiger charge is -1.98. The topological polar surface area (TPSA) is 0 Å². The molecular weight excluding hydrogens is 132 g/mol. The second-order valence-corrected chi connectivity index (χ2v) is 3.33. The molecule has 0 nitrogen and oxygen atoms in total. The lowest BCUT2D eigenvalue weighted by molar-refractivity contribution is 0.796. The summed E-state index contributed by atoms with van der Waals surface area (Å²) < 4.78 is 0. The molecule has 1 aromatic carbocycles. The van der Waals surface area contributed by atoms with E-state index in [1.807, 2.05) is 0 Å². The average molecular weight is 149 g/mol. The van der Waals surface area contributed by atoms with E-state index >= 15 is 0 Å². The molecule has 0 N–H and O–H groups in total. The SMILES string of the molecule is CCCCc1cc(C)c(C)[cH-]1. The van der Waals surface area contributed by atoms with Gasteiger partial charge in [-0.1, -0.05) is 40.0 Å². The van der Waals surface area contributed by atoms with Gasteiger partial charge in [-0.3, -0.25) is 0 Å². The zero-order valence-corrected chi connectivity index (χ0v) is 7.78. The minimum Gasteiger partial charge on any atom is -0.207 e. The van der Waals surface area contributed by atoms with Crippen molar-refractivity contribution in [2.45, 2.75) is 40.0 Å². The third-order valence-corrected chi connectivity index (χ3v) is 2.24. The Kier molecular flexibility index (Phi) is 2.81. The maximum absolute atomic E-state index is 2.31. The van der Waals surface area contributed by atoms with E-state index in [1.165, 1.54) is 36.0 Å². The molecule has 0 unspecified atom stereocenters. The predicted octanol–water partition coefficient (Wildman–Crippen LogP) is 3.36. The van der Waals surface area contributed by atoms with Crippen LogP contribution in [0.5, 0.6) is 0 Å². The van der Waals surface area contributed by atoms with Gasteiger partial charge >= 0.3 is 0 Å². The van der Waals surface area contributed by atoms with Gasteiger partial charge in [-0.05, 0) is 0 Å². The molecule has 0 saturated carbocycles. The first-order valence-corrected chi connectivity index (χ1v) is 4.47. The summed E-state index contributed by atoms with van der Waals surface area (Å²) in [5.41, 5.74) is 4.40. The third kappa shape index (κ3) is 2.14. The Balaban J connectivity index is 2.58. The van der Waals surface area contributed by atoms with Crippen molar-refractivity contribution in [1.82, 2.24) is 0 Å². The second-order valence-electron chi connectivity index (χ2n) is 3.33. The maximum Gasteiger partial charge on any atom is -0.0514 e. The van der Waals surface area contributed by atoms with Crippen molar-refractivity contribution in [1.29, 1.82) is 0 Å². The summed E-state index contributed by atoms with van der Waals surface area (Å²) in [7, 11) is 0.